The van der Waals surface area contributed by atoms with Crippen molar-refractivity contribution in [1.82, 2.24) is 0 Å². The zero-order valence-electron chi connectivity index (χ0n) is 14.7. The maximum Gasteiger partial charge on any atom is 0.328 e. The monoisotopic (exact) mass is 360 g/mol. The van der Waals surface area contributed by atoms with Crippen LogP contribution in [-0.4, -0.2) is 11.1 Å². The van der Waals surface area contributed by atoms with Gasteiger partial charge in [0.2, 0.25) is 0 Å². The summed E-state index contributed by atoms with van der Waals surface area (Å²) in [6.45, 7) is 0.839. The van der Waals surface area contributed by atoms with Crippen LogP contribution in [0, 0.1) is 0 Å². The first kappa shape index (κ1) is 18.3. The number of hydrogen-bond acceptors (Lipinski definition) is 3. The summed E-state index contributed by atoms with van der Waals surface area (Å²) in [6, 6.07) is 25.0. The summed E-state index contributed by atoms with van der Waals surface area (Å²) in [7, 11) is 0. The zero-order chi connectivity index (χ0) is 18.9. The summed E-state index contributed by atoms with van der Waals surface area (Å²) < 4.78 is 11.7. The molecule has 4 nitrogen and oxygen atoms in total. The van der Waals surface area contributed by atoms with E-state index in [1.165, 1.54) is 6.08 Å². The molecule has 4 heteroatoms. The van der Waals surface area contributed by atoms with Gasteiger partial charge in [0.15, 0.2) is 0 Å². The van der Waals surface area contributed by atoms with Crippen molar-refractivity contribution >= 4 is 12.0 Å². The third kappa shape index (κ3) is 5.75. The second-order valence-corrected chi connectivity index (χ2v) is 5.92. The molecule has 0 bridgehead atoms. The highest BCUT2D eigenvalue weighted by atomic mass is 16.5. The van der Waals surface area contributed by atoms with E-state index in [1.807, 2.05) is 66.7 Å². The first-order valence-electron chi connectivity index (χ1n) is 8.59. The normalized spacial score (nSPS) is 10.7. The SMILES string of the molecule is O=C(O)C=Cc1cc(OCc2ccccc2)ccc1OCc1ccccc1. The van der Waals surface area contributed by atoms with E-state index in [1.54, 1.807) is 12.1 Å². The average molecular weight is 360 g/mol. The first-order chi connectivity index (χ1) is 13.2. The van der Waals surface area contributed by atoms with Crippen molar-refractivity contribution in [3.8, 4) is 11.5 Å². The topological polar surface area (TPSA) is 55.8 Å². The number of benzene rings is 3. The molecule has 3 aromatic rings. The summed E-state index contributed by atoms with van der Waals surface area (Å²) in [4.78, 5) is 10.9. The molecule has 27 heavy (non-hydrogen) atoms. The average Bonchev–Trinajstić information content (AvgIpc) is 2.71. The zero-order valence-corrected chi connectivity index (χ0v) is 14.7. The van der Waals surface area contributed by atoms with Crippen LogP contribution in [0.3, 0.4) is 0 Å². The number of carboxylic acids is 1. The van der Waals surface area contributed by atoms with Gasteiger partial charge in [-0.25, -0.2) is 4.79 Å². The molecule has 0 atom stereocenters. The van der Waals surface area contributed by atoms with E-state index in [0.29, 0.717) is 30.3 Å². The molecule has 0 spiro atoms. The minimum Gasteiger partial charge on any atom is -0.489 e. The molecule has 0 heterocycles. The molecule has 0 fully saturated rings. The van der Waals surface area contributed by atoms with Gasteiger partial charge < -0.3 is 14.6 Å². The Kier molecular flexibility index (Phi) is 6.26. The molecule has 0 saturated heterocycles. The van der Waals surface area contributed by atoms with Gasteiger partial charge in [-0.2, -0.15) is 0 Å². The lowest BCUT2D eigenvalue weighted by Gasteiger charge is -2.12. The molecule has 0 aliphatic heterocycles. The van der Waals surface area contributed by atoms with E-state index >= 15 is 0 Å². The van der Waals surface area contributed by atoms with Crippen LogP contribution >= 0.6 is 0 Å². The molecule has 0 aromatic heterocycles. The van der Waals surface area contributed by atoms with E-state index in [9.17, 15) is 4.79 Å². The molecule has 136 valence electrons. The molecule has 0 unspecified atom stereocenters. The van der Waals surface area contributed by atoms with Gasteiger partial charge in [0.25, 0.3) is 0 Å². The van der Waals surface area contributed by atoms with Crippen LogP contribution in [-0.2, 0) is 18.0 Å². The summed E-state index contributed by atoms with van der Waals surface area (Å²) in [5.41, 5.74) is 2.75. The predicted octanol–water partition coefficient (Wildman–Crippen LogP) is 4.94. The number of ether oxygens (including phenoxy) is 2. The Bertz CT molecular complexity index is 902. The van der Waals surface area contributed by atoms with Crippen molar-refractivity contribution in [3.63, 3.8) is 0 Å². The largest absolute Gasteiger partial charge is 0.489 e. The Labute approximate surface area is 158 Å². The minimum atomic E-state index is -1.01. The Balaban J connectivity index is 1.74. The van der Waals surface area contributed by atoms with Gasteiger partial charge in [0.1, 0.15) is 24.7 Å². The van der Waals surface area contributed by atoms with Crippen molar-refractivity contribution in [2.45, 2.75) is 13.2 Å². The fourth-order valence-electron chi connectivity index (χ4n) is 2.52. The molecule has 3 aromatic carbocycles. The third-order valence-electron chi connectivity index (χ3n) is 3.87. The van der Waals surface area contributed by atoms with Gasteiger partial charge in [-0.15, -0.1) is 0 Å². The molecule has 0 radical (unpaired) electrons. The van der Waals surface area contributed by atoms with Gasteiger partial charge in [0.05, 0.1) is 0 Å². The van der Waals surface area contributed by atoms with Crippen LogP contribution < -0.4 is 9.47 Å². The van der Waals surface area contributed by atoms with Crippen molar-refractivity contribution in [2.24, 2.45) is 0 Å². The van der Waals surface area contributed by atoms with Gasteiger partial charge >= 0.3 is 5.97 Å². The number of hydrogen-bond donors (Lipinski definition) is 1. The molecule has 1 N–H and O–H groups in total. The lowest BCUT2D eigenvalue weighted by atomic mass is 10.1. The lowest BCUT2D eigenvalue weighted by molar-refractivity contribution is -0.131. The lowest BCUT2D eigenvalue weighted by Crippen LogP contribution is -1.99. The van der Waals surface area contributed by atoms with Gasteiger partial charge in [-0.05, 0) is 35.4 Å². The Morgan fingerprint density at radius 2 is 1.41 bits per heavy atom. The Hall–Kier alpha value is -3.53. The van der Waals surface area contributed by atoms with E-state index in [0.717, 1.165) is 17.2 Å². The highest BCUT2D eigenvalue weighted by Crippen LogP contribution is 2.27. The van der Waals surface area contributed by atoms with Crippen molar-refractivity contribution in [1.29, 1.82) is 0 Å². The maximum absolute atomic E-state index is 10.9. The van der Waals surface area contributed by atoms with Crippen molar-refractivity contribution in [2.75, 3.05) is 0 Å². The number of rotatable bonds is 8. The Morgan fingerprint density at radius 1 is 0.815 bits per heavy atom. The molecule has 0 aliphatic rings. The predicted molar refractivity (Wildman–Crippen MR) is 105 cm³/mol. The summed E-state index contributed by atoms with van der Waals surface area (Å²) in [5, 5.41) is 8.94. The quantitative estimate of drug-likeness (QED) is 0.578. The third-order valence-corrected chi connectivity index (χ3v) is 3.87. The highest BCUT2D eigenvalue weighted by molar-refractivity contribution is 5.86. The Morgan fingerprint density at radius 3 is 2.00 bits per heavy atom. The maximum atomic E-state index is 10.9. The molecular formula is C23H20O4. The van der Waals surface area contributed by atoms with Crippen LogP contribution in [0.5, 0.6) is 11.5 Å². The van der Waals surface area contributed by atoms with E-state index < -0.39 is 5.97 Å². The minimum absolute atomic E-state index is 0.402. The smallest absolute Gasteiger partial charge is 0.328 e. The van der Waals surface area contributed by atoms with Crippen LogP contribution in [0.1, 0.15) is 16.7 Å². The van der Waals surface area contributed by atoms with Crippen LogP contribution in [0.25, 0.3) is 6.08 Å². The number of aliphatic carboxylic acids is 1. The second kappa shape index (κ2) is 9.25. The molecule has 0 saturated carbocycles. The molecule has 0 amide bonds. The van der Waals surface area contributed by atoms with E-state index in [-0.39, 0.29) is 0 Å². The van der Waals surface area contributed by atoms with Gasteiger partial charge in [-0.1, -0.05) is 60.7 Å². The van der Waals surface area contributed by atoms with Crippen molar-refractivity contribution in [3.05, 3.63) is 102 Å². The van der Waals surface area contributed by atoms with Gasteiger partial charge in [0, 0.05) is 11.6 Å². The fraction of sp³-hybridized carbons (Fsp3) is 0.0870. The van der Waals surface area contributed by atoms with Crippen LogP contribution in [0.2, 0.25) is 0 Å². The number of carbonyl (C=O) groups is 1. The second-order valence-electron chi connectivity index (χ2n) is 5.92. The first-order valence-corrected chi connectivity index (χ1v) is 8.59. The summed E-state index contributed by atoms with van der Waals surface area (Å²) >= 11 is 0. The van der Waals surface area contributed by atoms with Crippen LogP contribution in [0.4, 0.5) is 0 Å². The van der Waals surface area contributed by atoms with Crippen LogP contribution in [0.15, 0.2) is 84.9 Å². The number of carboxylic acid groups (broad SMARTS) is 1. The standard InChI is InChI=1S/C23H20O4/c24-23(25)14-11-20-15-21(26-16-18-7-3-1-4-8-18)12-13-22(20)27-17-19-9-5-2-6-10-19/h1-15H,16-17H2,(H,24,25). The van der Waals surface area contributed by atoms with Crippen molar-refractivity contribution < 1.29 is 19.4 Å². The van der Waals surface area contributed by atoms with Gasteiger partial charge in [-0.3, -0.25) is 0 Å². The van der Waals surface area contributed by atoms with E-state index in [2.05, 4.69) is 0 Å². The molecule has 3 rings (SSSR count). The van der Waals surface area contributed by atoms with E-state index in [4.69, 9.17) is 14.6 Å². The fourth-order valence-corrected chi connectivity index (χ4v) is 2.52. The molecule has 0 aliphatic carbocycles. The summed E-state index contributed by atoms with van der Waals surface area (Å²) in [6.07, 6.45) is 2.60. The summed E-state index contributed by atoms with van der Waals surface area (Å²) in [5.74, 6) is 0.235. The highest BCUT2D eigenvalue weighted by Gasteiger charge is 2.06. The molecular weight excluding hydrogens is 340 g/mol.